The first kappa shape index (κ1) is 12.1. The van der Waals surface area contributed by atoms with Gasteiger partial charge in [-0.05, 0) is 0 Å². The van der Waals surface area contributed by atoms with Gasteiger partial charge in [-0.1, -0.05) is 11.6 Å². The largest absolute Gasteiger partial charge is 0.494 e. The van der Waals surface area contributed by atoms with Gasteiger partial charge in [0.2, 0.25) is 0 Å². The highest BCUT2D eigenvalue weighted by molar-refractivity contribution is 6.34. The summed E-state index contributed by atoms with van der Waals surface area (Å²) in [7, 11) is 2.49. The van der Waals surface area contributed by atoms with Crippen LogP contribution in [0.25, 0.3) is 0 Å². The highest BCUT2D eigenvalue weighted by Gasteiger charge is 2.24. The van der Waals surface area contributed by atoms with E-state index in [1.165, 1.54) is 14.2 Å². The molecule has 0 fully saturated rings. The summed E-state index contributed by atoms with van der Waals surface area (Å²) >= 11 is 5.83. The van der Waals surface area contributed by atoms with Crippen molar-refractivity contribution in [1.29, 1.82) is 10.5 Å². The number of benzene rings is 1. The molecule has 0 heterocycles. The van der Waals surface area contributed by atoms with Gasteiger partial charge >= 0.3 is 0 Å². The third-order valence-electron chi connectivity index (χ3n) is 1.92. The van der Waals surface area contributed by atoms with E-state index in [1.807, 2.05) is 0 Å². The normalized spacial score (nSPS) is 9.12. The SMILES string of the molecule is COc1c(Cl)c(OC)c(C#N)c(F)c1C#N. The fraction of sp³-hybridized carbons (Fsp3) is 0.200. The smallest absolute Gasteiger partial charge is 0.166 e. The van der Waals surface area contributed by atoms with Gasteiger partial charge in [-0.3, -0.25) is 0 Å². The molecule has 0 spiro atoms. The van der Waals surface area contributed by atoms with Gasteiger partial charge in [-0.25, -0.2) is 4.39 Å². The molecule has 0 saturated carbocycles. The Morgan fingerprint density at radius 2 is 1.44 bits per heavy atom. The van der Waals surface area contributed by atoms with Gasteiger partial charge in [0.25, 0.3) is 0 Å². The van der Waals surface area contributed by atoms with Crippen LogP contribution in [0.3, 0.4) is 0 Å². The Labute approximate surface area is 96.4 Å². The van der Waals surface area contributed by atoms with E-state index in [-0.39, 0.29) is 16.5 Å². The summed E-state index contributed by atoms with van der Waals surface area (Å²) in [5.74, 6) is -1.28. The quantitative estimate of drug-likeness (QED) is 0.795. The van der Waals surface area contributed by atoms with Crippen LogP contribution < -0.4 is 9.47 Å². The van der Waals surface area contributed by atoms with Crippen molar-refractivity contribution in [3.05, 3.63) is 22.0 Å². The predicted octanol–water partition coefficient (Wildman–Crippen LogP) is 2.24. The first-order valence-corrected chi connectivity index (χ1v) is 4.43. The van der Waals surface area contributed by atoms with E-state index in [4.69, 9.17) is 31.6 Å². The fourth-order valence-corrected chi connectivity index (χ4v) is 1.57. The molecule has 1 aromatic rings. The van der Waals surface area contributed by atoms with Crippen molar-refractivity contribution >= 4 is 11.6 Å². The molecule has 1 rings (SSSR count). The maximum atomic E-state index is 13.7. The average molecular weight is 241 g/mol. The number of halogens is 2. The number of hydrogen-bond acceptors (Lipinski definition) is 4. The van der Waals surface area contributed by atoms with Crippen LogP contribution in [0.1, 0.15) is 11.1 Å². The molecule has 82 valence electrons. The summed E-state index contributed by atoms with van der Waals surface area (Å²) in [5, 5.41) is 17.4. The number of hydrogen-bond donors (Lipinski definition) is 0. The summed E-state index contributed by atoms with van der Waals surface area (Å²) in [5.41, 5.74) is -0.824. The van der Waals surface area contributed by atoms with Gasteiger partial charge in [-0.15, -0.1) is 0 Å². The Balaban J connectivity index is 3.78. The lowest BCUT2D eigenvalue weighted by Crippen LogP contribution is -2.01. The Hall–Kier alpha value is -1.98. The Morgan fingerprint density at radius 1 is 1.06 bits per heavy atom. The lowest BCUT2D eigenvalue weighted by Gasteiger charge is -2.12. The fourth-order valence-electron chi connectivity index (χ4n) is 1.23. The van der Waals surface area contributed by atoms with Crippen LogP contribution in [0, 0.1) is 28.5 Å². The van der Waals surface area contributed by atoms with Crippen LogP contribution in [-0.4, -0.2) is 14.2 Å². The number of nitriles is 2. The van der Waals surface area contributed by atoms with E-state index in [2.05, 4.69) is 0 Å². The number of ether oxygens (including phenoxy) is 2. The second-order valence-corrected chi connectivity index (χ2v) is 3.05. The van der Waals surface area contributed by atoms with Crippen LogP contribution in [-0.2, 0) is 0 Å². The van der Waals surface area contributed by atoms with E-state index in [0.29, 0.717) is 0 Å². The molecule has 0 unspecified atom stereocenters. The molecule has 0 saturated heterocycles. The van der Waals surface area contributed by atoms with Crippen LogP contribution in [0.2, 0.25) is 5.02 Å². The van der Waals surface area contributed by atoms with E-state index < -0.39 is 16.9 Å². The topological polar surface area (TPSA) is 66.0 Å². The minimum Gasteiger partial charge on any atom is -0.494 e. The number of methoxy groups -OCH3 is 2. The zero-order chi connectivity index (χ0) is 12.3. The van der Waals surface area contributed by atoms with Crippen LogP contribution >= 0.6 is 11.6 Å². The van der Waals surface area contributed by atoms with Gasteiger partial charge in [0.1, 0.15) is 28.3 Å². The van der Waals surface area contributed by atoms with Crippen molar-refractivity contribution in [3.8, 4) is 23.6 Å². The Bertz CT molecular complexity index is 467. The zero-order valence-electron chi connectivity index (χ0n) is 8.47. The molecule has 0 aliphatic carbocycles. The van der Waals surface area contributed by atoms with Crippen molar-refractivity contribution in [3.63, 3.8) is 0 Å². The standard InChI is InChI=1S/C10H6ClFN2O2/c1-15-9-5(3-13)8(12)6(4-14)10(16-2)7(9)11/h1-2H3. The molecule has 0 aromatic heterocycles. The molecule has 0 bridgehead atoms. The van der Waals surface area contributed by atoms with Gasteiger partial charge in [-0.2, -0.15) is 10.5 Å². The summed E-state index contributed by atoms with van der Waals surface area (Å²) in [6.07, 6.45) is 0. The minimum atomic E-state index is -0.997. The van der Waals surface area contributed by atoms with E-state index in [9.17, 15) is 4.39 Å². The van der Waals surface area contributed by atoms with E-state index >= 15 is 0 Å². The summed E-state index contributed by atoms with van der Waals surface area (Å²) in [4.78, 5) is 0. The molecular weight excluding hydrogens is 235 g/mol. The Kier molecular flexibility index (Phi) is 3.55. The monoisotopic (exact) mass is 240 g/mol. The van der Waals surface area contributed by atoms with Gasteiger partial charge in [0.15, 0.2) is 17.3 Å². The molecule has 0 radical (unpaired) electrons. The average Bonchev–Trinajstić information content (AvgIpc) is 2.30. The van der Waals surface area contributed by atoms with Gasteiger partial charge < -0.3 is 9.47 Å². The highest BCUT2D eigenvalue weighted by Crippen LogP contribution is 2.41. The lowest BCUT2D eigenvalue weighted by atomic mass is 10.1. The zero-order valence-corrected chi connectivity index (χ0v) is 9.22. The number of nitrogens with zero attached hydrogens (tertiary/aromatic N) is 2. The maximum absolute atomic E-state index is 13.7. The van der Waals surface area contributed by atoms with Crippen molar-refractivity contribution in [2.75, 3.05) is 14.2 Å². The molecule has 0 N–H and O–H groups in total. The Morgan fingerprint density at radius 3 is 1.69 bits per heavy atom. The molecule has 0 amide bonds. The first-order valence-electron chi connectivity index (χ1n) is 4.05. The van der Waals surface area contributed by atoms with E-state index in [0.717, 1.165) is 0 Å². The van der Waals surface area contributed by atoms with Crippen molar-refractivity contribution in [1.82, 2.24) is 0 Å². The second kappa shape index (κ2) is 4.69. The van der Waals surface area contributed by atoms with Crippen LogP contribution in [0.5, 0.6) is 11.5 Å². The maximum Gasteiger partial charge on any atom is 0.166 e. The molecular formula is C10H6ClFN2O2. The minimum absolute atomic E-state index is 0.0977. The molecule has 4 nitrogen and oxygen atoms in total. The summed E-state index contributed by atoms with van der Waals surface area (Å²) in [6.45, 7) is 0. The van der Waals surface area contributed by atoms with Gasteiger partial charge in [0.05, 0.1) is 14.2 Å². The van der Waals surface area contributed by atoms with E-state index in [1.54, 1.807) is 12.1 Å². The van der Waals surface area contributed by atoms with Crippen LogP contribution in [0.4, 0.5) is 4.39 Å². The first-order chi connectivity index (χ1) is 7.62. The van der Waals surface area contributed by atoms with Crippen molar-refractivity contribution < 1.29 is 13.9 Å². The third kappa shape index (κ3) is 1.62. The molecule has 6 heteroatoms. The van der Waals surface area contributed by atoms with Gasteiger partial charge in [0, 0.05) is 0 Å². The van der Waals surface area contributed by atoms with Crippen molar-refractivity contribution in [2.24, 2.45) is 0 Å². The summed E-state index contributed by atoms with van der Waals surface area (Å²) in [6, 6.07) is 3.18. The third-order valence-corrected chi connectivity index (χ3v) is 2.27. The lowest BCUT2D eigenvalue weighted by molar-refractivity contribution is 0.386. The molecule has 0 atom stereocenters. The number of rotatable bonds is 2. The predicted molar refractivity (Wildman–Crippen MR) is 53.9 cm³/mol. The molecule has 0 aliphatic rings. The highest BCUT2D eigenvalue weighted by atomic mass is 35.5. The molecule has 1 aromatic carbocycles. The second-order valence-electron chi connectivity index (χ2n) is 2.67. The molecule has 0 aliphatic heterocycles. The molecule has 16 heavy (non-hydrogen) atoms. The summed E-state index contributed by atoms with van der Waals surface area (Å²) < 4.78 is 23.3. The van der Waals surface area contributed by atoms with Crippen molar-refractivity contribution in [2.45, 2.75) is 0 Å². The van der Waals surface area contributed by atoms with Crippen LogP contribution in [0.15, 0.2) is 0 Å².